The minimum Gasteiger partial charge on any atom is -0.392 e. The fraction of sp³-hybridized carbons (Fsp3) is 0.367. The molecule has 1 aliphatic rings. The van der Waals surface area contributed by atoms with Gasteiger partial charge in [-0.25, -0.2) is 21.5 Å². The van der Waals surface area contributed by atoms with E-state index in [9.17, 15) is 27.1 Å². The van der Waals surface area contributed by atoms with Gasteiger partial charge >= 0.3 is 0 Å². The average molecular weight is 557 g/mol. The van der Waals surface area contributed by atoms with Crippen LogP contribution in [0.1, 0.15) is 43.4 Å². The number of hydrogen-bond donors (Lipinski definition) is 1. The highest BCUT2D eigenvalue weighted by atomic mass is 32.2. The largest absolute Gasteiger partial charge is 0.392 e. The SMILES string of the molecule is C[C@@H](c1ccc(-c2ccc(F)cc2)cc1)N1CC[C@](C[C@@H](O)CN(C)S(C)(=O)=O)(c2ccc(F)cc2)CC1=O. The summed E-state index contributed by atoms with van der Waals surface area (Å²) in [6.07, 6.45) is 0.868. The first-order valence-electron chi connectivity index (χ1n) is 12.9. The van der Waals surface area contributed by atoms with E-state index in [0.717, 1.165) is 32.8 Å². The van der Waals surface area contributed by atoms with Crippen LogP contribution in [0.4, 0.5) is 8.78 Å². The van der Waals surface area contributed by atoms with Crippen LogP contribution in [0.15, 0.2) is 72.8 Å². The van der Waals surface area contributed by atoms with E-state index in [-0.39, 0.29) is 37.2 Å². The number of likely N-dealkylation sites (tertiary alicyclic amines) is 1. The van der Waals surface area contributed by atoms with Crippen LogP contribution < -0.4 is 0 Å². The second-order valence-electron chi connectivity index (χ2n) is 10.5. The van der Waals surface area contributed by atoms with Gasteiger partial charge < -0.3 is 10.0 Å². The molecule has 0 bridgehead atoms. The molecule has 1 aliphatic heterocycles. The zero-order valence-corrected chi connectivity index (χ0v) is 23.2. The van der Waals surface area contributed by atoms with Crippen molar-refractivity contribution in [1.82, 2.24) is 9.21 Å². The van der Waals surface area contributed by atoms with Crippen LogP contribution in [0.2, 0.25) is 0 Å². The van der Waals surface area contributed by atoms with Gasteiger partial charge in [-0.05, 0) is 66.3 Å². The van der Waals surface area contributed by atoms with Crippen molar-refractivity contribution in [3.05, 3.63) is 95.6 Å². The number of hydrogen-bond acceptors (Lipinski definition) is 4. The number of aliphatic hydroxyl groups excluding tert-OH is 1. The summed E-state index contributed by atoms with van der Waals surface area (Å²) in [6.45, 7) is 2.29. The Bertz CT molecular complexity index is 1400. The number of benzene rings is 3. The number of rotatable bonds is 9. The van der Waals surface area contributed by atoms with Gasteiger partial charge in [0.2, 0.25) is 15.9 Å². The lowest BCUT2D eigenvalue weighted by Gasteiger charge is -2.45. The van der Waals surface area contributed by atoms with Gasteiger partial charge in [0.25, 0.3) is 0 Å². The van der Waals surface area contributed by atoms with E-state index in [4.69, 9.17) is 0 Å². The highest BCUT2D eigenvalue weighted by Crippen LogP contribution is 2.42. The summed E-state index contributed by atoms with van der Waals surface area (Å²) in [6, 6.07) is 19.9. The van der Waals surface area contributed by atoms with Crippen LogP contribution in [-0.4, -0.2) is 61.1 Å². The Morgan fingerprint density at radius 2 is 1.46 bits per heavy atom. The topological polar surface area (TPSA) is 77.9 Å². The third kappa shape index (κ3) is 6.72. The molecule has 6 nitrogen and oxygen atoms in total. The van der Waals surface area contributed by atoms with Crippen LogP contribution in [-0.2, 0) is 20.2 Å². The Hall–Kier alpha value is -3.14. The van der Waals surface area contributed by atoms with E-state index < -0.39 is 27.4 Å². The van der Waals surface area contributed by atoms with Crippen LogP contribution in [0.25, 0.3) is 11.1 Å². The Labute approximate surface area is 228 Å². The third-order valence-electron chi connectivity index (χ3n) is 7.80. The van der Waals surface area contributed by atoms with Gasteiger partial charge in [-0.1, -0.05) is 48.5 Å². The molecule has 208 valence electrons. The molecule has 0 aromatic heterocycles. The highest BCUT2D eigenvalue weighted by molar-refractivity contribution is 7.88. The Balaban J connectivity index is 1.53. The molecule has 1 saturated heterocycles. The quantitative estimate of drug-likeness (QED) is 0.407. The van der Waals surface area contributed by atoms with Crippen molar-refractivity contribution in [2.24, 2.45) is 0 Å². The summed E-state index contributed by atoms with van der Waals surface area (Å²) >= 11 is 0. The summed E-state index contributed by atoms with van der Waals surface area (Å²) in [5.74, 6) is -0.781. The van der Waals surface area contributed by atoms with Crippen LogP contribution in [0.5, 0.6) is 0 Å². The normalized spacial score (nSPS) is 19.8. The number of carbonyl (C=O) groups excluding carboxylic acids is 1. The molecule has 3 aromatic rings. The van der Waals surface area contributed by atoms with Crippen molar-refractivity contribution < 1.29 is 27.1 Å². The average Bonchev–Trinajstić information content (AvgIpc) is 2.88. The van der Waals surface area contributed by atoms with E-state index in [1.54, 1.807) is 24.3 Å². The van der Waals surface area contributed by atoms with Crippen molar-refractivity contribution >= 4 is 15.9 Å². The number of piperidine rings is 1. The molecule has 0 saturated carbocycles. The number of sulfonamides is 1. The number of halogens is 2. The summed E-state index contributed by atoms with van der Waals surface area (Å²) in [5.41, 5.74) is 2.78. The van der Waals surface area contributed by atoms with Gasteiger partial charge in [0.15, 0.2) is 0 Å². The molecule has 1 amide bonds. The molecule has 0 radical (unpaired) electrons. The first kappa shape index (κ1) is 28.9. The fourth-order valence-electron chi connectivity index (χ4n) is 5.41. The van der Waals surface area contributed by atoms with E-state index in [2.05, 4.69) is 0 Å². The van der Waals surface area contributed by atoms with Gasteiger partial charge in [-0.2, -0.15) is 0 Å². The molecule has 3 aromatic carbocycles. The zero-order valence-electron chi connectivity index (χ0n) is 22.3. The molecule has 1 fully saturated rings. The summed E-state index contributed by atoms with van der Waals surface area (Å²) < 4.78 is 51.8. The molecule has 39 heavy (non-hydrogen) atoms. The third-order valence-corrected chi connectivity index (χ3v) is 9.08. The van der Waals surface area contributed by atoms with Crippen LogP contribution in [0, 0.1) is 11.6 Å². The molecule has 1 heterocycles. The minimum absolute atomic E-state index is 0.0932. The lowest BCUT2D eigenvalue weighted by molar-refractivity contribution is -0.139. The lowest BCUT2D eigenvalue weighted by Crippen LogP contribution is -2.49. The number of carbonyl (C=O) groups is 1. The van der Waals surface area contributed by atoms with Gasteiger partial charge in [-0.3, -0.25) is 4.79 Å². The Kier molecular flexibility index (Phi) is 8.54. The first-order chi connectivity index (χ1) is 18.4. The summed E-state index contributed by atoms with van der Waals surface area (Å²) in [5, 5.41) is 10.9. The standard InChI is InChI=1S/C30H34F2N2O4S/c1-21(22-4-6-23(7-5-22)24-8-12-26(31)13-9-24)34-17-16-30(19-29(34)36,25-10-14-27(32)15-11-25)18-28(35)20-33(2)39(3,37)38/h4-15,21,28,35H,16-20H2,1-3H3/t21-,28+,30+/m0/s1. The predicted octanol–water partition coefficient (Wildman–Crippen LogP) is 4.90. The second-order valence-corrected chi connectivity index (χ2v) is 12.6. The van der Waals surface area contributed by atoms with Gasteiger partial charge in [0.05, 0.1) is 18.4 Å². The fourth-order valence-corrected chi connectivity index (χ4v) is 5.86. The molecule has 1 N–H and O–H groups in total. The smallest absolute Gasteiger partial charge is 0.223 e. The lowest BCUT2D eigenvalue weighted by atomic mass is 9.68. The molecule has 0 aliphatic carbocycles. The van der Waals surface area contributed by atoms with Gasteiger partial charge in [0, 0.05) is 32.0 Å². The van der Waals surface area contributed by atoms with E-state index in [0.29, 0.717) is 13.0 Å². The first-order valence-corrected chi connectivity index (χ1v) is 14.7. The van der Waals surface area contributed by atoms with E-state index in [1.165, 1.54) is 31.3 Å². The zero-order chi connectivity index (χ0) is 28.4. The van der Waals surface area contributed by atoms with Gasteiger partial charge in [0.1, 0.15) is 11.6 Å². The maximum atomic E-state index is 13.7. The molecule has 9 heteroatoms. The minimum atomic E-state index is -3.48. The van der Waals surface area contributed by atoms with E-state index >= 15 is 0 Å². The summed E-state index contributed by atoms with van der Waals surface area (Å²) in [4.78, 5) is 15.4. The van der Waals surface area contributed by atoms with Crippen LogP contribution >= 0.6 is 0 Å². The van der Waals surface area contributed by atoms with E-state index in [1.807, 2.05) is 36.1 Å². The number of aliphatic hydroxyl groups is 1. The second kappa shape index (κ2) is 11.5. The summed E-state index contributed by atoms with van der Waals surface area (Å²) in [7, 11) is -2.08. The molecule has 3 atom stereocenters. The van der Waals surface area contributed by atoms with Gasteiger partial charge in [-0.15, -0.1) is 0 Å². The maximum Gasteiger partial charge on any atom is 0.223 e. The Morgan fingerprint density at radius 3 is 1.97 bits per heavy atom. The van der Waals surface area contributed by atoms with Crippen molar-refractivity contribution in [2.75, 3.05) is 26.4 Å². The Morgan fingerprint density at radius 1 is 0.949 bits per heavy atom. The van der Waals surface area contributed by atoms with Crippen molar-refractivity contribution in [3.8, 4) is 11.1 Å². The van der Waals surface area contributed by atoms with Crippen LogP contribution in [0.3, 0.4) is 0 Å². The van der Waals surface area contributed by atoms with Crippen molar-refractivity contribution in [2.45, 2.75) is 43.7 Å². The highest BCUT2D eigenvalue weighted by Gasteiger charge is 2.43. The maximum absolute atomic E-state index is 13.7. The molecule has 4 rings (SSSR count). The number of nitrogens with zero attached hydrogens (tertiary/aromatic N) is 2. The monoisotopic (exact) mass is 556 g/mol. The predicted molar refractivity (Wildman–Crippen MR) is 147 cm³/mol. The van der Waals surface area contributed by atoms with Crippen molar-refractivity contribution in [3.63, 3.8) is 0 Å². The molecule has 0 unspecified atom stereocenters. The molecular weight excluding hydrogens is 522 g/mol. The number of amides is 1. The molecule has 0 spiro atoms. The molecular formula is C30H34F2N2O4S. The number of likely N-dealkylation sites (N-methyl/N-ethyl adjacent to an activating group) is 1. The van der Waals surface area contributed by atoms with Crippen molar-refractivity contribution in [1.29, 1.82) is 0 Å².